The number of nitrogens with two attached hydrogens (primary N) is 1. The molecule has 0 aromatic heterocycles. The molecule has 2 aliphatic heterocycles. The van der Waals surface area contributed by atoms with Crippen molar-refractivity contribution in [3.05, 3.63) is 70.5 Å². The van der Waals surface area contributed by atoms with Gasteiger partial charge in [0.05, 0.1) is 17.7 Å². The predicted molar refractivity (Wildman–Crippen MR) is 151 cm³/mol. The van der Waals surface area contributed by atoms with E-state index in [1.54, 1.807) is 12.1 Å². The van der Waals surface area contributed by atoms with Gasteiger partial charge in [0.15, 0.2) is 0 Å². The normalized spacial score (nSPS) is 19.7. The Kier molecular flexibility index (Phi) is 11.0. The van der Waals surface area contributed by atoms with Gasteiger partial charge in [-0.1, -0.05) is 12.1 Å². The first-order chi connectivity index (χ1) is 20.6. The fourth-order valence-electron chi connectivity index (χ4n) is 5.76. The van der Waals surface area contributed by atoms with Crippen LogP contribution in [0.25, 0.3) is 0 Å². The van der Waals surface area contributed by atoms with E-state index >= 15 is 0 Å². The number of hydrogen-bond donors (Lipinski definition) is 4. The van der Waals surface area contributed by atoms with E-state index in [0.29, 0.717) is 56.9 Å². The predicted octanol–water partition coefficient (Wildman–Crippen LogP) is 3.62. The second kappa shape index (κ2) is 14.6. The molecule has 9 nitrogen and oxygen atoms in total. The standard InChI is InChI=1S/C30H37F4N5O4/c31-21-7-10-25(26(16-21)30(32,33)34)28(41)38-14-13-36-22-17-23-8-9-24(18-22)39(23)29(42)43-15-1-2-19-3-5-20(6-4-19)27(40)37-12-11-35/h3-7,10,16,22-24,36H,1-2,8-9,11-15,17-18,35H2,(H,37,40)(H,38,41). The molecule has 2 unspecified atom stereocenters. The molecule has 2 heterocycles. The molecule has 2 aliphatic rings. The Morgan fingerprint density at radius 2 is 1.60 bits per heavy atom. The molecule has 2 aromatic rings. The molecular weight excluding hydrogens is 570 g/mol. The first-order valence-corrected chi connectivity index (χ1v) is 14.5. The number of nitrogens with one attached hydrogen (secondary N) is 3. The molecular formula is C30H37F4N5O4. The van der Waals surface area contributed by atoms with Gasteiger partial charge in [-0.2, -0.15) is 13.2 Å². The minimum atomic E-state index is -4.85. The van der Waals surface area contributed by atoms with Crippen molar-refractivity contribution in [2.75, 3.05) is 32.8 Å². The number of piperidine rings is 1. The maximum absolute atomic E-state index is 13.3. The topological polar surface area (TPSA) is 126 Å². The molecule has 2 fully saturated rings. The molecule has 2 bridgehead atoms. The molecule has 2 aromatic carbocycles. The summed E-state index contributed by atoms with van der Waals surface area (Å²) in [7, 11) is 0. The number of carbonyl (C=O) groups excluding carboxylic acids is 3. The van der Waals surface area contributed by atoms with Gasteiger partial charge in [-0.05, 0) is 74.4 Å². The van der Waals surface area contributed by atoms with Crippen LogP contribution in [0.5, 0.6) is 0 Å². The number of halogens is 4. The maximum atomic E-state index is 13.3. The second-order valence-corrected chi connectivity index (χ2v) is 10.8. The number of rotatable bonds is 12. The van der Waals surface area contributed by atoms with Gasteiger partial charge in [-0.25, -0.2) is 9.18 Å². The van der Waals surface area contributed by atoms with Gasteiger partial charge in [-0.15, -0.1) is 0 Å². The minimum absolute atomic E-state index is 0.0323. The second-order valence-electron chi connectivity index (χ2n) is 10.8. The van der Waals surface area contributed by atoms with Crippen LogP contribution in [0, 0.1) is 5.82 Å². The van der Waals surface area contributed by atoms with Crippen LogP contribution in [0.3, 0.4) is 0 Å². The van der Waals surface area contributed by atoms with Crippen LogP contribution in [0.15, 0.2) is 42.5 Å². The SMILES string of the molecule is NCCNC(=O)c1ccc(CCCOC(=O)N2C3CCC2CC(NCCNC(=O)c2ccc(F)cc2C(F)(F)F)C3)cc1. The van der Waals surface area contributed by atoms with Gasteiger partial charge in [0, 0.05) is 49.9 Å². The zero-order valence-corrected chi connectivity index (χ0v) is 23.7. The van der Waals surface area contributed by atoms with Gasteiger partial charge >= 0.3 is 12.3 Å². The van der Waals surface area contributed by atoms with Gasteiger partial charge in [-0.3, -0.25) is 9.59 Å². The third-order valence-electron chi connectivity index (χ3n) is 7.80. The van der Waals surface area contributed by atoms with Crippen molar-refractivity contribution in [1.82, 2.24) is 20.9 Å². The number of aryl methyl sites for hydroxylation is 1. The molecule has 2 atom stereocenters. The van der Waals surface area contributed by atoms with Crippen molar-refractivity contribution in [1.29, 1.82) is 0 Å². The number of carbonyl (C=O) groups is 3. The fraction of sp³-hybridized carbons (Fsp3) is 0.500. The van der Waals surface area contributed by atoms with Crippen LogP contribution in [-0.2, 0) is 17.3 Å². The lowest BCUT2D eigenvalue weighted by Crippen LogP contribution is -2.52. The molecule has 2 saturated heterocycles. The van der Waals surface area contributed by atoms with Gasteiger partial charge in [0.25, 0.3) is 11.8 Å². The van der Waals surface area contributed by atoms with Crippen molar-refractivity contribution >= 4 is 17.9 Å². The zero-order valence-electron chi connectivity index (χ0n) is 23.7. The van der Waals surface area contributed by atoms with Crippen molar-refractivity contribution in [2.45, 2.75) is 62.8 Å². The Labute approximate surface area is 247 Å². The highest BCUT2D eigenvalue weighted by molar-refractivity contribution is 5.96. The highest BCUT2D eigenvalue weighted by atomic mass is 19.4. The van der Waals surface area contributed by atoms with E-state index in [9.17, 15) is 31.9 Å². The van der Waals surface area contributed by atoms with E-state index in [4.69, 9.17) is 10.5 Å². The maximum Gasteiger partial charge on any atom is 0.417 e. The van der Waals surface area contributed by atoms with Gasteiger partial charge < -0.3 is 31.3 Å². The summed E-state index contributed by atoms with van der Waals surface area (Å²) in [6.07, 6.45) is -0.682. The summed E-state index contributed by atoms with van der Waals surface area (Å²) in [5.41, 5.74) is 5.06. The number of fused-ring (bicyclic) bond motifs is 2. The quantitative estimate of drug-likeness (QED) is 0.216. The molecule has 0 spiro atoms. The average Bonchev–Trinajstić information content (AvgIpc) is 3.25. The lowest BCUT2D eigenvalue weighted by Gasteiger charge is -2.38. The smallest absolute Gasteiger partial charge is 0.417 e. The van der Waals surface area contributed by atoms with E-state index in [1.165, 1.54) is 0 Å². The Morgan fingerprint density at radius 1 is 0.930 bits per heavy atom. The Morgan fingerprint density at radius 3 is 2.26 bits per heavy atom. The third kappa shape index (κ3) is 8.66. The Hall–Kier alpha value is -3.71. The number of hydrogen-bond acceptors (Lipinski definition) is 6. The lowest BCUT2D eigenvalue weighted by atomic mass is 9.98. The molecule has 4 rings (SSSR count). The summed E-state index contributed by atoms with van der Waals surface area (Å²) in [6, 6.07) is 9.40. The molecule has 0 aliphatic carbocycles. The van der Waals surface area contributed by atoms with Crippen molar-refractivity contribution < 1.29 is 36.7 Å². The third-order valence-corrected chi connectivity index (χ3v) is 7.80. The summed E-state index contributed by atoms with van der Waals surface area (Å²) in [4.78, 5) is 39.0. The Balaban J connectivity index is 1.15. The highest BCUT2D eigenvalue weighted by Gasteiger charge is 2.44. The number of ether oxygens (including phenoxy) is 1. The van der Waals surface area contributed by atoms with Crippen LogP contribution in [0.2, 0.25) is 0 Å². The van der Waals surface area contributed by atoms with Gasteiger partial charge in [0.2, 0.25) is 0 Å². The lowest BCUT2D eigenvalue weighted by molar-refractivity contribution is -0.138. The molecule has 5 N–H and O–H groups in total. The number of benzene rings is 2. The van der Waals surface area contributed by atoms with Crippen molar-refractivity contribution in [3.63, 3.8) is 0 Å². The molecule has 0 saturated carbocycles. The van der Waals surface area contributed by atoms with E-state index in [1.807, 2.05) is 17.0 Å². The largest absolute Gasteiger partial charge is 0.449 e. The summed E-state index contributed by atoms with van der Waals surface area (Å²) >= 11 is 0. The van der Waals surface area contributed by atoms with Crippen LogP contribution < -0.4 is 21.7 Å². The van der Waals surface area contributed by atoms with Crippen LogP contribution in [0.4, 0.5) is 22.4 Å². The van der Waals surface area contributed by atoms with Crippen molar-refractivity contribution in [2.24, 2.45) is 5.73 Å². The molecule has 13 heteroatoms. The molecule has 43 heavy (non-hydrogen) atoms. The monoisotopic (exact) mass is 607 g/mol. The molecule has 234 valence electrons. The summed E-state index contributed by atoms with van der Waals surface area (Å²) in [5, 5.41) is 8.51. The van der Waals surface area contributed by atoms with E-state index in [2.05, 4.69) is 16.0 Å². The Bertz CT molecular complexity index is 1260. The van der Waals surface area contributed by atoms with Crippen molar-refractivity contribution in [3.8, 4) is 0 Å². The summed E-state index contributed by atoms with van der Waals surface area (Å²) in [5.74, 6) is -2.16. The fourth-order valence-corrected chi connectivity index (χ4v) is 5.76. The van der Waals surface area contributed by atoms with E-state index < -0.39 is 29.0 Å². The van der Waals surface area contributed by atoms with Crippen LogP contribution in [-0.4, -0.2) is 73.7 Å². The number of alkyl halides is 3. The van der Waals surface area contributed by atoms with E-state index in [0.717, 1.165) is 30.5 Å². The van der Waals surface area contributed by atoms with E-state index in [-0.39, 0.29) is 43.3 Å². The number of amides is 3. The summed E-state index contributed by atoms with van der Waals surface area (Å²) < 4.78 is 58.5. The van der Waals surface area contributed by atoms with Crippen LogP contribution in [0.1, 0.15) is 63.9 Å². The summed E-state index contributed by atoms with van der Waals surface area (Å²) in [6.45, 7) is 1.50. The minimum Gasteiger partial charge on any atom is -0.449 e. The first-order valence-electron chi connectivity index (χ1n) is 14.5. The van der Waals surface area contributed by atoms with Gasteiger partial charge in [0.1, 0.15) is 5.82 Å². The number of nitrogens with zero attached hydrogens (tertiary/aromatic N) is 1. The average molecular weight is 608 g/mol. The first kappa shape index (κ1) is 32.2. The van der Waals surface area contributed by atoms with Crippen LogP contribution >= 0.6 is 0 Å². The molecule has 3 amide bonds. The molecule has 0 radical (unpaired) electrons. The zero-order chi connectivity index (χ0) is 31.0. The highest BCUT2D eigenvalue weighted by Crippen LogP contribution is 2.36.